The third-order valence-corrected chi connectivity index (χ3v) is 3.30. The molecule has 1 saturated carbocycles. The number of carbonyl (C=O) groups is 1. The van der Waals surface area contributed by atoms with Crippen molar-refractivity contribution in [2.45, 2.75) is 32.6 Å². The van der Waals surface area contributed by atoms with Crippen molar-refractivity contribution in [2.75, 3.05) is 11.9 Å². The highest BCUT2D eigenvalue weighted by molar-refractivity contribution is 5.93. The van der Waals surface area contributed by atoms with Crippen LogP contribution in [0.4, 0.5) is 5.82 Å². The minimum absolute atomic E-state index is 0.258. The lowest BCUT2D eigenvalue weighted by Gasteiger charge is -2.13. The van der Waals surface area contributed by atoms with Gasteiger partial charge in [0.2, 0.25) is 0 Å². The van der Waals surface area contributed by atoms with E-state index in [4.69, 9.17) is 5.11 Å². The second-order valence-electron chi connectivity index (χ2n) is 4.69. The molecule has 0 spiro atoms. The first kappa shape index (κ1) is 11.9. The van der Waals surface area contributed by atoms with Crippen molar-refractivity contribution < 1.29 is 9.90 Å². The lowest BCUT2D eigenvalue weighted by atomic mass is 10.1. The highest BCUT2D eigenvalue weighted by Crippen LogP contribution is 2.25. The zero-order valence-electron chi connectivity index (χ0n) is 10.1. The second-order valence-corrected chi connectivity index (χ2v) is 4.69. The molecule has 0 aromatic carbocycles. The summed E-state index contributed by atoms with van der Waals surface area (Å²) in [7, 11) is 0. The highest BCUT2D eigenvalue weighted by atomic mass is 16.4. The SMILES string of the molecule is Cc1ccc(C(=O)O)c(NCC2CCCC2)n1. The molecule has 0 amide bonds. The average molecular weight is 234 g/mol. The molecular weight excluding hydrogens is 216 g/mol. The van der Waals surface area contributed by atoms with Crippen molar-refractivity contribution in [1.29, 1.82) is 0 Å². The Morgan fingerprint density at radius 2 is 2.18 bits per heavy atom. The van der Waals surface area contributed by atoms with Crippen LogP contribution in [-0.4, -0.2) is 22.6 Å². The number of carboxylic acid groups (broad SMARTS) is 1. The minimum atomic E-state index is -0.925. The molecule has 0 unspecified atom stereocenters. The summed E-state index contributed by atoms with van der Waals surface area (Å²) >= 11 is 0. The molecule has 1 heterocycles. The van der Waals surface area contributed by atoms with E-state index in [1.807, 2.05) is 6.92 Å². The monoisotopic (exact) mass is 234 g/mol. The van der Waals surface area contributed by atoms with Crippen LogP contribution in [0.1, 0.15) is 41.7 Å². The number of anilines is 1. The summed E-state index contributed by atoms with van der Waals surface area (Å²) in [6, 6.07) is 3.34. The van der Waals surface area contributed by atoms with Gasteiger partial charge in [-0.3, -0.25) is 0 Å². The predicted octanol–water partition coefficient (Wildman–Crippen LogP) is 2.69. The van der Waals surface area contributed by atoms with Crippen LogP contribution in [0.3, 0.4) is 0 Å². The first-order chi connectivity index (χ1) is 8.16. The zero-order valence-corrected chi connectivity index (χ0v) is 10.1. The lowest BCUT2D eigenvalue weighted by molar-refractivity contribution is 0.0697. The van der Waals surface area contributed by atoms with E-state index in [-0.39, 0.29) is 5.56 Å². The Kier molecular flexibility index (Phi) is 3.61. The Labute approximate surface area is 101 Å². The molecule has 2 rings (SSSR count). The smallest absolute Gasteiger partial charge is 0.339 e. The number of hydrogen-bond donors (Lipinski definition) is 2. The number of aromatic nitrogens is 1. The number of aromatic carboxylic acids is 1. The van der Waals surface area contributed by atoms with Crippen LogP contribution in [0, 0.1) is 12.8 Å². The van der Waals surface area contributed by atoms with E-state index in [1.54, 1.807) is 12.1 Å². The number of rotatable bonds is 4. The van der Waals surface area contributed by atoms with Crippen molar-refractivity contribution in [1.82, 2.24) is 4.98 Å². The molecule has 4 nitrogen and oxygen atoms in total. The molecule has 1 aromatic rings. The third-order valence-electron chi connectivity index (χ3n) is 3.30. The van der Waals surface area contributed by atoms with Crippen molar-refractivity contribution in [3.63, 3.8) is 0 Å². The molecule has 1 aliphatic rings. The van der Waals surface area contributed by atoms with Gasteiger partial charge in [-0.05, 0) is 37.8 Å². The second kappa shape index (κ2) is 5.17. The molecule has 0 aliphatic heterocycles. The van der Waals surface area contributed by atoms with Crippen molar-refractivity contribution >= 4 is 11.8 Å². The van der Waals surface area contributed by atoms with Crippen molar-refractivity contribution in [3.05, 3.63) is 23.4 Å². The molecule has 0 saturated heterocycles. The highest BCUT2D eigenvalue weighted by Gasteiger charge is 2.17. The van der Waals surface area contributed by atoms with Crippen molar-refractivity contribution in [2.24, 2.45) is 5.92 Å². The number of pyridine rings is 1. The summed E-state index contributed by atoms with van der Waals surface area (Å²) in [5.74, 6) is 0.245. The van der Waals surface area contributed by atoms with Crippen molar-refractivity contribution in [3.8, 4) is 0 Å². The number of nitrogens with zero attached hydrogens (tertiary/aromatic N) is 1. The third kappa shape index (κ3) is 2.96. The van der Waals surface area contributed by atoms with Crippen LogP contribution in [0.15, 0.2) is 12.1 Å². The average Bonchev–Trinajstić information content (AvgIpc) is 2.78. The normalized spacial score (nSPS) is 16.1. The summed E-state index contributed by atoms with van der Waals surface area (Å²) in [5.41, 5.74) is 1.09. The van der Waals surface area contributed by atoms with Gasteiger partial charge in [-0.15, -0.1) is 0 Å². The van der Waals surface area contributed by atoms with E-state index >= 15 is 0 Å². The Bertz CT molecular complexity index is 412. The fraction of sp³-hybridized carbons (Fsp3) is 0.538. The quantitative estimate of drug-likeness (QED) is 0.840. The molecule has 1 aromatic heterocycles. The van der Waals surface area contributed by atoms with Gasteiger partial charge in [0.05, 0.1) is 0 Å². The van der Waals surface area contributed by atoms with Crippen LogP contribution >= 0.6 is 0 Å². The van der Waals surface area contributed by atoms with Gasteiger partial charge in [-0.1, -0.05) is 12.8 Å². The maximum atomic E-state index is 11.0. The van der Waals surface area contributed by atoms with E-state index < -0.39 is 5.97 Å². The van der Waals surface area contributed by atoms with Crippen LogP contribution in [0.25, 0.3) is 0 Å². The molecule has 1 fully saturated rings. The maximum Gasteiger partial charge on any atom is 0.339 e. The minimum Gasteiger partial charge on any atom is -0.478 e. The summed E-state index contributed by atoms with van der Waals surface area (Å²) < 4.78 is 0. The molecule has 0 radical (unpaired) electrons. The maximum absolute atomic E-state index is 11.0. The molecule has 4 heteroatoms. The van der Waals surface area contributed by atoms with Gasteiger partial charge in [0, 0.05) is 12.2 Å². The molecule has 92 valence electrons. The predicted molar refractivity (Wildman–Crippen MR) is 66.4 cm³/mol. The number of hydrogen-bond acceptors (Lipinski definition) is 3. The Hall–Kier alpha value is -1.58. The standard InChI is InChI=1S/C13H18N2O2/c1-9-6-7-11(13(16)17)12(15-9)14-8-10-4-2-3-5-10/h6-7,10H,2-5,8H2,1H3,(H,14,15)(H,16,17). The molecule has 0 bridgehead atoms. The van der Waals surface area contributed by atoms with E-state index in [2.05, 4.69) is 10.3 Å². The fourth-order valence-corrected chi connectivity index (χ4v) is 2.32. The van der Waals surface area contributed by atoms with Gasteiger partial charge in [0.1, 0.15) is 11.4 Å². The summed E-state index contributed by atoms with van der Waals surface area (Å²) in [5, 5.41) is 12.3. The topological polar surface area (TPSA) is 62.2 Å². The Balaban J connectivity index is 2.07. The van der Waals surface area contributed by atoms with Crippen LogP contribution in [0.2, 0.25) is 0 Å². The molecule has 2 N–H and O–H groups in total. The summed E-state index contributed by atoms with van der Waals surface area (Å²) in [4.78, 5) is 15.3. The van der Waals surface area contributed by atoms with Crippen LogP contribution in [0.5, 0.6) is 0 Å². The number of aryl methyl sites for hydroxylation is 1. The van der Waals surface area contributed by atoms with Gasteiger partial charge < -0.3 is 10.4 Å². The summed E-state index contributed by atoms with van der Waals surface area (Å²) in [6.07, 6.45) is 5.06. The van der Waals surface area contributed by atoms with E-state index in [1.165, 1.54) is 25.7 Å². The summed E-state index contributed by atoms with van der Waals surface area (Å²) in [6.45, 7) is 2.70. The van der Waals surface area contributed by atoms with E-state index in [9.17, 15) is 4.79 Å². The molecule has 1 aliphatic carbocycles. The van der Waals surface area contributed by atoms with Gasteiger partial charge in [0.25, 0.3) is 0 Å². The van der Waals surface area contributed by atoms with Gasteiger partial charge in [-0.2, -0.15) is 0 Å². The zero-order chi connectivity index (χ0) is 12.3. The van der Waals surface area contributed by atoms with Gasteiger partial charge in [-0.25, -0.2) is 9.78 Å². The molecule has 0 atom stereocenters. The van der Waals surface area contributed by atoms with E-state index in [0.717, 1.165) is 12.2 Å². The fourth-order valence-electron chi connectivity index (χ4n) is 2.32. The Morgan fingerprint density at radius 3 is 2.82 bits per heavy atom. The first-order valence-corrected chi connectivity index (χ1v) is 6.11. The van der Waals surface area contributed by atoms with Crippen LogP contribution < -0.4 is 5.32 Å². The lowest BCUT2D eigenvalue weighted by Crippen LogP contribution is -2.15. The number of carboxylic acids is 1. The Morgan fingerprint density at radius 1 is 1.47 bits per heavy atom. The van der Waals surface area contributed by atoms with Gasteiger partial charge in [0.15, 0.2) is 0 Å². The largest absolute Gasteiger partial charge is 0.478 e. The van der Waals surface area contributed by atoms with E-state index in [0.29, 0.717) is 11.7 Å². The van der Waals surface area contributed by atoms with Crippen LogP contribution in [-0.2, 0) is 0 Å². The first-order valence-electron chi connectivity index (χ1n) is 6.11. The molecule has 17 heavy (non-hydrogen) atoms. The van der Waals surface area contributed by atoms with Gasteiger partial charge >= 0.3 is 5.97 Å². The number of nitrogens with one attached hydrogen (secondary N) is 1. The molecular formula is C13H18N2O2.